The van der Waals surface area contributed by atoms with E-state index in [-0.39, 0.29) is 5.92 Å². The van der Waals surface area contributed by atoms with Crippen LogP contribution in [0.25, 0.3) is 0 Å². The third-order valence-electron chi connectivity index (χ3n) is 7.56. The molecule has 3 atom stereocenters. The average molecular weight is 415 g/mol. The summed E-state index contributed by atoms with van der Waals surface area (Å²) in [5, 5.41) is 0. The van der Waals surface area contributed by atoms with E-state index >= 15 is 0 Å². The second-order valence-corrected chi connectivity index (χ2v) is 9.72. The Morgan fingerprint density at radius 2 is 1.73 bits per heavy atom. The molecule has 0 radical (unpaired) electrons. The van der Waals surface area contributed by atoms with Crippen LogP contribution in [-0.4, -0.2) is 52.9 Å². The summed E-state index contributed by atoms with van der Waals surface area (Å²) in [5.74, 6) is 3.78. The maximum atomic E-state index is 12.3. The number of carbonyl (C=O) groups excluding carboxylic acids is 1. The first kappa shape index (κ1) is 23.2. The molecule has 30 heavy (non-hydrogen) atoms. The Morgan fingerprint density at radius 3 is 2.30 bits per heavy atom. The molecule has 2 aliphatic rings. The van der Waals surface area contributed by atoms with Gasteiger partial charge in [0, 0.05) is 49.6 Å². The molecule has 0 N–H and O–H groups in total. The van der Waals surface area contributed by atoms with Crippen molar-refractivity contribution in [1.82, 2.24) is 14.9 Å². The molecule has 5 nitrogen and oxygen atoms in total. The normalized spacial score (nSPS) is 29.0. The predicted octanol–water partition coefficient (Wildman–Crippen LogP) is 5.06. The van der Waals surface area contributed by atoms with Crippen molar-refractivity contribution in [3.8, 4) is 0 Å². The highest BCUT2D eigenvalue weighted by Crippen LogP contribution is 2.37. The zero-order chi connectivity index (χ0) is 21.7. The van der Waals surface area contributed by atoms with E-state index in [2.05, 4.69) is 55.6 Å². The maximum absolute atomic E-state index is 12.3. The summed E-state index contributed by atoms with van der Waals surface area (Å²) in [6.07, 6.45) is 10.4. The molecule has 1 aromatic rings. The predicted molar refractivity (Wildman–Crippen MR) is 124 cm³/mol. The zero-order valence-electron chi connectivity index (χ0n) is 19.8. The molecule has 1 saturated carbocycles. The van der Waals surface area contributed by atoms with E-state index in [1.54, 1.807) is 0 Å². The lowest BCUT2D eigenvalue weighted by atomic mass is 9.78. The third-order valence-corrected chi connectivity index (χ3v) is 7.56. The largest absolute Gasteiger partial charge is 0.348 e. The number of hydrogen-bond acceptors (Lipinski definition) is 5. The SMILES string of the molecule is CCC(C)C(=O)C[C@H]1CC[C@H](c2nccc(N3C(CC)CN(C)CC3CC)n2)CC1. The summed E-state index contributed by atoms with van der Waals surface area (Å²) in [5.41, 5.74) is 0. The highest BCUT2D eigenvalue weighted by molar-refractivity contribution is 5.80. The Kier molecular flexibility index (Phi) is 8.27. The van der Waals surface area contributed by atoms with Crippen molar-refractivity contribution < 1.29 is 4.79 Å². The van der Waals surface area contributed by atoms with Gasteiger partial charge in [0.25, 0.3) is 0 Å². The number of aromatic nitrogens is 2. The van der Waals surface area contributed by atoms with E-state index in [9.17, 15) is 4.79 Å². The Morgan fingerprint density at radius 1 is 1.10 bits per heavy atom. The van der Waals surface area contributed by atoms with Gasteiger partial charge in [0.15, 0.2) is 0 Å². The van der Waals surface area contributed by atoms with E-state index in [0.717, 1.165) is 76.1 Å². The Bertz CT molecular complexity index is 671. The van der Waals surface area contributed by atoms with Gasteiger partial charge < -0.3 is 9.80 Å². The molecule has 3 rings (SSSR count). The van der Waals surface area contributed by atoms with Crippen LogP contribution < -0.4 is 4.90 Å². The first-order valence-electron chi connectivity index (χ1n) is 12.3. The van der Waals surface area contributed by atoms with Gasteiger partial charge in [-0.05, 0) is 64.0 Å². The monoisotopic (exact) mass is 414 g/mol. The number of ketones is 1. The van der Waals surface area contributed by atoms with Crippen LogP contribution in [0, 0.1) is 11.8 Å². The number of nitrogens with zero attached hydrogens (tertiary/aromatic N) is 4. The first-order chi connectivity index (χ1) is 14.5. The van der Waals surface area contributed by atoms with E-state index in [4.69, 9.17) is 4.98 Å². The summed E-state index contributed by atoms with van der Waals surface area (Å²) in [6, 6.07) is 3.13. The number of piperazine rings is 1. The molecule has 1 aromatic heterocycles. The summed E-state index contributed by atoms with van der Waals surface area (Å²) >= 11 is 0. The van der Waals surface area contributed by atoms with Gasteiger partial charge in [-0.25, -0.2) is 9.97 Å². The van der Waals surface area contributed by atoms with E-state index in [0.29, 0.717) is 29.7 Å². The molecule has 1 aliphatic carbocycles. The van der Waals surface area contributed by atoms with Crippen LogP contribution in [0.15, 0.2) is 12.3 Å². The molecular weight excluding hydrogens is 372 g/mol. The maximum Gasteiger partial charge on any atom is 0.135 e. The minimum atomic E-state index is 0.212. The van der Waals surface area contributed by atoms with Crippen LogP contribution in [0.5, 0.6) is 0 Å². The fourth-order valence-corrected chi connectivity index (χ4v) is 5.34. The van der Waals surface area contributed by atoms with Crippen LogP contribution in [0.4, 0.5) is 5.82 Å². The standard InChI is InChI=1S/C25H42N4O/c1-6-18(4)23(30)15-19-9-11-20(12-10-19)25-26-14-13-24(27-25)29-21(7-2)16-28(5)17-22(29)8-3/h13-14,18-22H,6-12,15-17H2,1-5H3/t18?,19-,20-,21?,22?. The fourth-order valence-electron chi connectivity index (χ4n) is 5.34. The Hall–Kier alpha value is -1.49. The van der Waals surface area contributed by atoms with Crippen LogP contribution >= 0.6 is 0 Å². The van der Waals surface area contributed by atoms with Crippen LogP contribution in [-0.2, 0) is 4.79 Å². The van der Waals surface area contributed by atoms with Gasteiger partial charge in [0.05, 0.1) is 0 Å². The molecular formula is C25H42N4O. The van der Waals surface area contributed by atoms with Crippen molar-refractivity contribution in [3.63, 3.8) is 0 Å². The van der Waals surface area contributed by atoms with E-state index < -0.39 is 0 Å². The van der Waals surface area contributed by atoms with Crippen molar-refractivity contribution in [1.29, 1.82) is 0 Å². The van der Waals surface area contributed by atoms with Gasteiger partial charge in [-0.1, -0.05) is 27.7 Å². The first-order valence-corrected chi connectivity index (χ1v) is 12.3. The van der Waals surface area contributed by atoms with Crippen molar-refractivity contribution >= 4 is 11.6 Å². The number of carbonyl (C=O) groups is 1. The fraction of sp³-hybridized carbons (Fsp3) is 0.800. The van der Waals surface area contributed by atoms with Gasteiger partial charge in [0.1, 0.15) is 17.4 Å². The lowest BCUT2D eigenvalue weighted by molar-refractivity contribution is -0.123. The molecule has 3 unspecified atom stereocenters. The van der Waals surface area contributed by atoms with Crippen molar-refractivity contribution in [3.05, 3.63) is 18.1 Å². The number of likely N-dealkylation sites (N-methyl/N-ethyl adjacent to an activating group) is 1. The van der Waals surface area contributed by atoms with Gasteiger partial charge in [-0.2, -0.15) is 0 Å². The molecule has 2 fully saturated rings. The summed E-state index contributed by atoms with van der Waals surface area (Å²) < 4.78 is 0. The van der Waals surface area contributed by atoms with Crippen LogP contribution in [0.2, 0.25) is 0 Å². The van der Waals surface area contributed by atoms with Crippen molar-refractivity contribution in [2.45, 2.75) is 97.1 Å². The van der Waals surface area contributed by atoms with E-state index in [1.807, 2.05) is 6.20 Å². The summed E-state index contributed by atoms with van der Waals surface area (Å²) in [7, 11) is 2.23. The number of rotatable bonds is 8. The second kappa shape index (κ2) is 10.7. The summed E-state index contributed by atoms with van der Waals surface area (Å²) in [6.45, 7) is 10.9. The third kappa shape index (κ3) is 5.40. The van der Waals surface area contributed by atoms with Crippen LogP contribution in [0.3, 0.4) is 0 Å². The Labute approximate surface area is 183 Å². The topological polar surface area (TPSA) is 49.3 Å². The number of Topliss-reactive ketones (excluding diaryl/α,β-unsaturated/α-hetero) is 1. The molecule has 2 heterocycles. The molecule has 1 saturated heterocycles. The molecule has 0 aromatic carbocycles. The van der Waals surface area contributed by atoms with Crippen LogP contribution in [0.1, 0.15) is 90.8 Å². The highest BCUT2D eigenvalue weighted by atomic mass is 16.1. The number of hydrogen-bond donors (Lipinski definition) is 0. The Balaban J connectivity index is 1.66. The van der Waals surface area contributed by atoms with Gasteiger partial charge in [-0.15, -0.1) is 0 Å². The van der Waals surface area contributed by atoms with Crippen molar-refractivity contribution in [2.24, 2.45) is 11.8 Å². The van der Waals surface area contributed by atoms with E-state index in [1.165, 1.54) is 0 Å². The van der Waals surface area contributed by atoms with Gasteiger partial charge in [-0.3, -0.25) is 4.79 Å². The molecule has 1 aliphatic heterocycles. The highest BCUT2D eigenvalue weighted by Gasteiger charge is 2.33. The molecule has 168 valence electrons. The molecule has 5 heteroatoms. The van der Waals surface area contributed by atoms with Gasteiger partial charge >= 0.3 is 0 Å². The van der Waals surface area contributed by atoms with Crippen molar-refractivity contribution in [2.75, 3.05) is 25.0 Å². The minimum absolute atomic E-state index is 0.212. The molecule has 0 spiro atoms. The number of anilines is 1. The smallest absolute Gasteiger partial charge is 0.135 e. The quantitative estimate of drug-likeness (QED) is 0.595. The zero-order valence-corrected chi connectivity index (χ0v) is 19.8. The minimum Gasteiger partial charge on any atom is -0.348 e. The van der Waals surface area contributed by atoms with Gasteiger partial charge in [0.2, 0.25) is 0 Å². The molecule has 0 bridgehead atoms. The average Bonchev–Trinajstić information content (AvgIpc) is 2.78. The second-order valence-electron chi connectivity index (χ2n) is 9.72. The molecule has 0 amide bonds. The summed E-state index contributed by atoms with van der Waals surface area (Å²) in [4.78, 5) is 27.1. The lowest BCUT2D eigenvalue weighted by Gasteiger charge is -2.46. The lowest BCUT2D eigenvalue weighted by Crippen LogP contribution is -2.57.